The number of hydrogen-bond donors (Lipinski definition) is 0. The molecule has 1 rings (SSSR count). The molecular formula is C12H15F2NOTi. The smallest absolute Gasteiger partial charge is 0.226 e. The molecule has 1 aromatic rings. The van der Waals surface area contributed by atoms with Crippen molar-refractivity contribution in [2.24, 2.45) is 0 Å². The Kier molecular flexibility index (Phi) is 7.24. The minimum absolute atomic E-state index is 0. The Bertz CT molecular complexity index is 385. The summed E-state index contributed by atoms with van der Waals surface area (Å²) in [6.07, 6.45) is 2.06. The third-order valence-corrected chi connectivity index (χ3v) is 2.39. The van der Waals surface area contributed by atoms with E-state index in [1.807, 2.05) is 6.92 Å². The van der Waals surface area contributed by atoms with Crippen molar-refractivity contribution in [3.63, 3.8) is 0 Å². The third kappa shape index (κ3) is 4.56. The Hall–Kier alpha value is -0.736. The molecule has 0 unspecified atom stereocenters. The molecular weight excluding hydrogens is 260 g/mol. The fraction of sp³-hybridized carbons (Fsp3) is 0.417. The number of anilines is 1. The van der Waals surface area contributed by atoms with Gasteiger partial charge in [-0.05, 0) is 18.6 Å². The van der Waals surface area contributed by atoms with Gasteiger partial charge >= 0.3 is 0 Å². The van der Waals surface area contributed by atoms with Crippen LogP contribution in [0.2, 0.25) is 0 Å². The molecule has 0 aliphatic rings. The van der Waals surface area contributed by atoms with Gasteiger partial charge in [-0.25, -0.2) is 8.78 Å². The molecule has 0 saturated heterocycles. The first-order chi connectivity index (χ1) is 7.56. The fourth-order valence-corrected chi connectivity index (χ4v) is 1.38. The SMILES string of the molecule is CCCCC(=O)N(C)c1ccc(F)cc1F.[Ti]. The number of benzene rings is 1. The van der Waals surface area contributed by atoms with E-state index in [1.165, 1.54) is 18.0 Å². The molecule has 1 aromatic carbocycles. The number of nitrogens with zero attached hydrogens (tertiary/aromatic N) is 1. The average Bonchev–Trinajstić information content (AvgIpc) is 2.25. The van der Waals surface area contributed by atoms with Crippen molar-refractivity contribution >= 4 is 11.6 Å². The molecule has 0 N–H and O–H groups in total. The van der Waals surface area contributed by atoms with E-state index in [-0.39, 0.29) is 33.3 Å². The summed E-state index contributed by atoms with van der Waals surface area (Å²) < 4.78 is 26.0. The maximum Gasteiger partial charge on any atom is 0.226 e. The van der Waals surface area contributed by atoms with Gasteiger partial charge in [0.25, 0.3) is 0 Å². The van der Waals surface area contributed by atoms with Crippen molar-refractivity contribution in [3.8, 4) is 0 Å². The molecule has 1 amide bonds. The largest absolute Gasteiger partial charge is 0.313 e. The molecule has 0 aliphatic heterocycles. The molecule has 0 heterocycles. The van der Waals surface area contributed by atoms with Gasteiger partial charge in [-0.1, -0.05) is 13.3 Å². The minimum Gasteiger partial charge on any atom is -0.313 e. The predicted molar refractivity (Wildman–Crippen MR) is 59.3 cm³/mol. The van der Waals surface area contributed by atoms with Gasteiger partial charge in [0.05, 0.1) is 5.69 Å². The van der Waals surface area contributed by atoms with Gasteiger partial charge in [0.1, 0.15) is 11.6 Å². The summed E-state index contributed by atoms with van der Waals surface area (Å²) in [5, 5.41) is 0. The van der Waals surface area contributed by atoms with Crippen molar-refractivity contribution in [1.29, 1.82) is 0 Å². The second kappa shape index (κ2) is 7.56. The molecule has 0 spiro atoms. The van der Waals surface area contributed by atoms with Crippen LogP contribution in [0.25, 0.3) is 0 Å². The second-order valence-corrected chi connectivity index (χ2v) is 3.65. The van der Waals surface area contributed by atoms with Crippen LogP contribution in [-0.4, -0.2) is 13.0 Å². The Labute approximate surface area is 115 Å². The standard InChI is InChI=1S/C12H15F2NO.Ti/c1-3-4-5-12(16)15(2)11-7-6-9(13)8-10(11)14;/h6-8H,3-5H2,1-2H3;. The molecule has 0 fully saturated rings. The summed E-state index contributed by atoms with van der Waals surface area (Å²) in [4.78, 5) is 12.8. The Morgan fingerprint density at radius 2 is 2.00 bits per heavy atom. The van der Waals surface area contributed by atoms with Gasteiger partial charge in [0.15, 0.2) is 0 Å². The fourth-order valence-electron chi connectivity index (χ4n) is 1.38. The van der Waals surface area contributed by atoms with Crippen LogP contribution < -0.4 is 4.90 Å². The van der Waals surface area contributed by atoms with Crippen LogP contribution in [0, 0.1) is 11.6 Å². The summed E-state index contributed by atoms with van der Waals surface area (Å²) in [7, 11) is 1.49. The molecule has 0 aliphatic carbocycles. The van der Waals surface area contributed by atoms with Crippen LogP contribution >= 0.6 is 0 Å². The van der Waals surface area contributed by atoms with Crippen LogP contribution in [0.1, 0.15) is 26.2 Å². The zero-order chi connectivity index (χ0) is 12.1. The monoisotopic (exact) mass is 275 g/mol. The maximum atomic E-state index is 13.3. The first-order valence-electron chi connectivity index (χ1n) is 5.28. The topological polar surface area (TPSA) is 20.3 Å². The van der Waals surface area contributed by atoms with Gasteiger partial charge < -0.3 is 4.90 Å². The summed E-state index contributed by atoms with van der Waals surface area (Å²) >= 11 is 0. The first-order valence-corrected chi connectivity index (χ1v) is 5.28. The predicted octanol–water partition coefficient (Wildman–Crippen LogP) is 3.12. The van der Waals surface area contributed by atoms with Crippen molar-refractivity contribution < 1.29 is 35.3 Å². The van der Waals surface area contributed by atoms with Crippen LogP contribution in [0.3, 0.4) is 0 Å². The van der Waals surface area contributed by atoms with E-state index >= 15 is 0 Å². The first kappa shape index (κ1) is 16.3. The Morgan fingerprint density at radius 1 is 1.35 bits per heavy atom. The summed E-state index contributed by atoms with van der Waals surface area (Å²) in [6, 6.07) is 3.19. The minimum atomic E-state index is -0.715. The van der Waals surface area contributed by atoms with Crippen LogP contribution in [-0.2, 0) is 26.5 Å². The molecule has 2 nitrogen and oxygen atoms in total. The third-order valence-electron chi connectivity index (χ3n) is 2.39. The number of rotatable bonds is 4. The second-order valence-electron chi connectivity index (χ2n) is 3.65. The average molecular weight is 275 g/mol. The molecule has 0 atom stereocenters. The van der Waals surface area contributed by atoms with E-state index in [4.69, 9.17) is 0 Å². The maximum absolute atomic E-state index is 13.3. The summed E-state index contributed by atoms with van der Waals surface area (Å²) in [5.41, 5.74) is 0.113. The van der Waals surface area contributed by atoms with E-state index < -0.39 is 11.6 Å². The number of halogens is 2. The summed E-state index contributed by atoms with van der Waals surface area (Å²) in [6.45, 7) is 1.98. The van der Waals surface area contributed by atoms with Crippen molar-refractivity contribution in [1.82, 2.24) is 0 Å². The van der Waals surface area contributed by atoms with Gasteiger partial charge in [-0.2, -0.15) is 0 Å². The van der Waals surface area contributed by atoms with Gasteiger partial charge in [-0.3, -0.25) is 4.79 Å². The van der Waals surface area contributed by atoms with Crippen LogP contribution in [0.15, 0.2) is 18.2 Å². The van der Waals surface area contributed by atoms with E-state index in [2.05, 4.69) is 0 Å². The number of carbonyl (C=O) groups excluding carboxylic acids is 1. The number of carbonyl (C=O) groups is 1. The number of unbranched alkanes of at least 4 members (excludes halogenated alkanes) is 1. The number of amides is 1. The normalized spacial score (nSPS) is 9.65. The zero-order valence-corrected chi connectivity index (χ0v) is 11.5. The Balaban J connectivity index is 0.00000256. The molecule has 17 heavy (non-hydrogen) atoms. The van der Waals surface area contributed by atoms with E-state index in [0.717, 1.165) is 25.0 Å². The van der Waals surface area contributed by atoms with Gasteiger partial charge in [0, 0.05) is 41.3 Å². The molecule has 5 heteroatoms. The van der Waals surface area contributed by atoms with E-state index in [0.29, 0.717) is 6.42 Å². The molecule has 0 aromatic heterocycles. The van der Waals surface area contributed by atoms with Gasteiger partial charge in [0.2, 0.25) is 5.91 Å². The molecule has 92 valence electrons. The zero-order valence-electron chi connectivity index (χ0n) is 9.96. The summed E-state index contributed by atoms with van der Waals surface area (Å²) in [5.74, 6) is -1.52. The Morgan fingerprint density at radius 3 is 2.53 bits per heavy atom. The quantitative estimate of drug-likeness (QED) is 0.773. The van der Waals surface area contributed by atoms with E-state index in [1.54, 1.807) is 0 Å². The number of hydrogen-bond acceptors (Lipinski definition) is 1. The van der Waals surface area contributed by atoms with Crippen molar-refractivity contribution in [3.05, 3.63) is 29.8 Å². The van der Waals surface area contributed by atoms with Crippen molar-refractivity contribution in [2.45, 2.75) is 26.2 Å². The van der Waals surface area contributed by atoms with Crippen LogP contribution in [0.4, 0.5) is 14.5 Å². The van der Waals surface area contributed by atoms with Crippen molar-refractivity contribution in [2.75, 3.05) is 11.9 Å². The van der Waals surface area contributed by atoms with Crippen LogP contribution in [0.5, 0.6) is 0 Å². The molecule has 0 saturated carbocycles. The van der Waals surface area contributed by atoms with Gasteiger partial charge in [-0.15, -0.1) is 0 Å². The molecule has 0 radical (unpaired) electrons. The van der Waals surface area contributed by atoms with E-state index in [9.17, 15) is 13.6 Å². The molecule has 0 bridgehead atoms.